The van der Waals surface area contributed by atoms with E-state index in [1.165, 1.54) is 40.7 Å². The molecule has 0 unspecified atom stereocenters. The zero-order valence-electron chi connectivity index (χ0n) is 31.8. The first-order valence-corrected chi connectivity index (χ1v) is 20.0. The standard InChI is InChI=1S/C35H47N7O11S2/c1-25-22-26(49-20-11-21-50-39-30(36)42(32(43)51-34(2,3)4)33(44)52-35(5,6)7)24-27(23-25)53-55(47,48)29-13-9-8-12-28(29)54(45,46)41-18-16-40(17-19-41)31-37-14-10-15-38-31/h8-10,12-15,22-24H,11,16-21H2,1-7H3,(H2,36,39). The Hall–Kier alpha value is -5.05. The molecular weight excluding hydrogens is 759 g/mol. The van der Waals surface area contributed by atoms with Crippen LogP contribution in [0.2, 0.25) is 0 Å². The van der Waals surface area contributed by atoms with E-state index in [1.807, 2.05) is 4.90 Å². The molecule has 4 rings (SSSR count). The summed E-state index contributed by atoms with van der Waals surface area (Å²) in [4.78, 5) is 40.4. The Labute approximate surface area is 321 Å². The van der Waals surface area contributed by atoms with Crippen molar-refractivity contribution in [1.82, 2.24) is 24.7 Å². The number of hydrogen-bond donors (Lipinski definition) is 2. The van der Waals surface area contributed by atoms with Crippen molar-refractivity contribution in [3.63, 3.8) is 0 Å². The van der Waals surface area contributed by atoms with Gasteiger partial charge in [0.25, 0.3) is 0 Å². The Morgan fingerprint density at radius 1 is 0.818 bits per heavy atom. The van der Waals surface area contributed by atoms with Gasteiger partial charge in [-0.2, -0.15) is 12.7 Å². The number of amides is 2. The number of aromatic nitrogens is 2. The molecule has 1 aromatic heterocycles. The third-order valence-electron chi connectivity index (χ3n) is 7.24. The molecule has 18 nitrogen and oxygen atoms in total. The monoisotopic (exact) mass is 805 g/mol. The molecule has 2 amide bonds. The summed E-state index contributed by atoms with van der Waals surface area (Å²) in [6.07, 6.45) is 1.18. The Bertz CT molecular complexity index is 2020. The van der Waals surface area contributed by atoms with Gasteiger partial charge >= 0.3 is 22.3 Å². The molecule has 1 fully saturated rings. The molecule has 55 heavy (non-hydrogen) atoms. The first-order chi connectivity index (χ1) is 25.7. The lowest BCUT2D eigenvalue weighted by Crippen LogP contribution is -2.51. The maximum atomic E-state index is 13.7. The van der Waals surface area contributed by atoms with Crippen LogP contribution in [0.5, 0.6) is 11.5 Å². The molecule has 2 N–H and O–H groups in total. The van der Waals surface area contributed by atoms with Gasteiger partial charge in [-0.15, -0.1) is 4.90 Å². The van der Waals surface area contributed by atoms with Crippen molar-refractivity contribution in [2.75, 3.05) is 44.3 Å². The second-order valence-corrected chi connectivity index (χ2v) is 17.6. The number of rotatable bonds is 12. The molecule has 0 saturated carbocycles. The lowest BCUT2D eigenvalue weighted by Gasteiger charge is -2.34. The van der Waals surface area contributed by atoms with E-state index in [1.54, 1.807) is 73.0 Å². The highest BCUT2D eigenvalue weighted by molar-refractivity contribution is 7.91. The van der Waals surface area contributed by atoms with Crippen LogP contribution in [0.25, 0.3) is 0 Å². The molecule has 300 valence electrons. The van der Waals surface area contributed by atoms with Crippen molar-refractivity contribution in [3.05, 3.63) is 66.5 Å². The molecule has 20 heteroatoms. The van der Waals surface area contributed by atoms with Crippen LogP contribution in [0.1, 0.15) is 53.5 Å². The summed E-state index contributed by atoms with van der Waals surface area (Å²) >= 11 is 0. The minimum absolute atomic E-state index is 0.0389. The minimum atomic E-state index is -4.64. The van der Waals surface area contributed by atoms with Crippen LogP contribution in [0.15, 0.2) is 70.7 Å². The van der Waals surface area contributed by atoms with Gasteiger partial charge in [0.15, 0.2) is 0 Å². The fourth-order valence-corrected chi connectivity index (χ4v) is 8.08. The summed E-state index contributed by atoms with van der Waals surface area (Å²) in [5, 5.41) is 8.21. The van der Waals surface area contributed by atoms with E-state index >= 15 is 0 Å². The lowest BCUT2D eigenvalue weighted by molar-refractivity contribution is 0.00819. The number of ether oxygens (including phenoxy) is 3. The van der Waals surface area contributed by atoms with Gasteiger partial charge in [-0.05, 0) is 84.4 Å². The molecule has 2 aromatic carbocycles. The van der Waals surface area contributed by atoms with E-state index in [4.69, 9.17) is 28.6 Å². The number of nitrogens with zero attached hydrogens (tertiary/aromatic N) is 5. The number of piperazine rings is 1. The Kier molecular flexibility index (Phi) is 13.7. The molecule has 1 aliphatic rings. The molecule has 0 atom stereocenters. The number of carbonyl (C=O) groups is 2. The number of aryl methyl sites for hydroxylation is 1. The zero-order chi connectivity index (χ0) is 40.6. The van der Waals surface area contributed by atoms with Gasteiger partial charge in [-0.3, -0.25) is 10.2 Å². The Morgan fingerprint density at radius 3 is 1.96 bits per heavy atom. The molecule has 0 bridgehead atoms. The average Bonchev–Trinajstić information content (AvgIpc) is 3.08. The van der Waals surface area contributed by atoms with E-state index in [0.717, 1.165) is 0 Å². The molecule has 1 aliphatic heterocycles. The number of guanidine groups is 1. The van der Waals surface area contributed by atoms with E-state index in [-0.39, 0.29) is 44.2 Å². The van der Waals surface area contributed by atoms with E-state index in [9.17, 15) is 26.4 Å². The van der Waals surface area contributed by atoms with E-state index in [2.05, 4.69) is 15.4 Å². The topological polar surface area (TPSA) is 220 Å². The maximum Gasteiger partial charge on any atom is 0.427 e. The number of hydroxylamine groups is 1. The van der Waals surface area contributed by atoms with Crippen LogP contribution in [0, 0.1) is 12.3 Å². The van der Waals surface area contributed by atoms with Crippen LogP contribution < -0.4 is 19.3 Å². The van der Waals surface area contributed by atoms with Crippen LogP contribution in [0.3, 0.4) is 0 Å². The van der Waals surface area contributed by atoms with Crippen molar-refractivity contribution in [1.29, 1.82) is 5.41 Å². The number of nitrogens with one attached hydrogen (secondary N) is 2. The Balaban J connectivity index is 1.35. The summed E-state index contributed by atoms with van der Waals surface area (Å²) in [7, 11) is -8.88. The van der Waals surface area contributed by atoms with Crippen molar-refractivity contribution < 1.29 is 49.7 Å². The largest absolute Gasteiger partial charge is 0.493 e. The van der Waals surface area contributed by atoms with Crippen LogP contribution >= 0.6 is 0 Å². The van der Waals surface area contributed by atoms with Crippen LogP contribution in [0.4, 0.5) is 15.5 Å². The first-order valence-electron chi connectivity index (χ1n) is 17.2. The fraction of sp³-hybridized carbons (Fsp3) is 0.457. The highest BCUT2D eigenvalue weighted by Gasteiger charge is 2.36. The van der Waals surface area contributed by atoms with Crippen molar-refractivity contribution in [3.8, 4) is 11.5 Å². The lowest BCUT2D eigenvalue weighted by atomic mass is 10.2. The summed E-state index contributed by atoms with van der Waals surface area (Å²) in [5.41, 5.74) is 0.916. The van der Waals surface area contributed by atoms with E-state index < -0.39 is 59.3 Å². The van der Waals surface area contributed by atoms with Gasteiger partial charge in [0.2, 0.25) is 21.9 Å². The van der Waals surface area contributed by atoms with Crippen LogP contribution in [-0.2, 0) is 34.5 Å². The third kappa shape index (κ3) is 12.2. The number of benzene rings is 2. The highest BCUT2D eigenvalue weighted by Crippen LogP contribution is 2.30. The molecule has 1 saturated heterocycles. The molecule has 2 heterocycles. The molecule has 0 spiro atoms. The zero-order valence-corrected chi connectivity index (χ0v) is 33.4. The van der Waals surface area contributed by atoms with E-state index in [0.29, 0.717) is 29.5 Å². The number of carbonyl (C=O) groups excluding carboxylic acids is 2. The number of sulfonamides is 1. The smallest absolute Gasteiger partial charge is 0.427 e. The van der Waals surface area contributed by atoms with Crippen molar-refractivity contribution in [2.45, 2.75) is 75.9 Å². The SMILES string of the molecule is Cc1cc(OCCCONC(=N)N(C(=O)OC(C)(C)C)C(=O)OC(C)(C)C)cc(OS(=O)(=O)c2ccccc2S(=O)(=O)N2CCN(c3ncccn3)CC2)c1. The number of hydrogen-bond acceptors (Lipinski definition) is 15. The van der Waals surface area contributed by atoms with Gasteiger partial charge in [0.05, 0.1) is 13.2 Å². The normalized spacial score (nSPS) is 14.1. The first kappa shape index (κ1) is 42.7. The molecular formula is C35H47N7O11S2. The van der Waals surface area contributed by atoms with Gasteiger partial charge in [-0.25, -0.2) is 33.5 Å². The second kappa shape index (κ2) is 17.6. The van der Waals surface area contributed by atoms with Crippen molar-refractivity contribution in [2.24, 2.45) is 0 Å². The van der Waals surface area contributed by atoms with Gasteiger partial charge in [0, 0.05) is 51.1 Å². The van der Waals surface area contributed by atoms with Crippen molar-refractivity contribution >= 4 is 44.2 Å². The predicted octanol–water partition coefficient (Wildman–Crippen LogP) is 4.46. The fourth-order valence-electron chi connectivity index (χ4n) is 4.97. The summed E-state index contributed by atoms with van der Waals surface area (Å²) in [5.74, 6) is -0.103. The summed E-state index contributed by atoms with van der Waals surface area (Å²) in [6, 6.07) is 11.4. The molecule has 0 aliphatic carbocycles. The number of imide groups is 1. The highest BCUT2D eigenvalue weighted by atomic mass is 32.2. The molecule has 0 radical (unpaired) electrons. The van der Waals surface area contributed by atoms with Crippen LogP contribution in [-0.4, -0.2) is 105 Å². The second-order valence-electron chi connectivity index (χ2n) is 14.2. The Morgan fingerprint density at radius 2 is 1.38 bits per heavy atom. The summed E-state index contributed by atoms with van der Waals surface area (Å²) in [6.45, 7) is 12.2. The maximum absolute atomic E-state index is 13.7. The van der Waals surface area contributed by atoms with Gasteiger partial charge < -0.3 is 23.3 Å². The third-order valence-corrected chi connectivity index (χ3v) is 10.6. The minimum Gasteiger partial charge on any atom is -0.493 e. The predicted molar refractivity (Wildman–Crippen MR) is 200 cm³/mol. The number of anilines is 1. The molecule has 3 aromatic rings. The average molecular weight is 806 g/mol. The van der Waals surface area contributed by atoms with Gasteiger partial charge in [0.1, 0.15) is 32.5 Å². The van der Waals surface area contributed by atoms with Gasteiger partial charge in [-0.1, -0.05) is 12.1 Å². The summed E-state index contributed by atoms with van der Waals surface area (Å²) < 4.78 is 77.6. The quantitative estimate of drug-likeness (QED) is 0.0849.